The fraction of sp³-hybridized carbons (Fsp3) is 0.571. The van der Waals surface area contributed by atoms with Gasteiger partial charge in [0, 0.05) is 12.6 Å². The van der Waals surface area contributed by atoms with Crippen LogP contribution in [0.15, 0.2) is 24.3 Å². The Morgan fingerprint density at radius 1 is 1.38 bits per heavy atom. The Morgan fingerprint density at radius 3 is 2.44 bits per heavy atom. The molecule has 2 rings (SSSR count). The summed E-state index contributed by atoms with van der Waals surface area (Å²) >= 11 is 0. The van der Waals surface area contributed by atoms with Crippen molar-refractivity contribution in [3.8, 4) is 0 Å². The predicted molar refractivity (Wildman–Crippen MR) is 66.4 cm³/mol. The van der Waals surface area contributed by atoms with Crippen molar-refractivity contribution in [3.63, 3.8) is 0 Å². The first-order valence-electron chi connectivity index (χ1n) is 6.07. The molecule has 0 amide bonds. The van der Waals surface area contributed by atoms with Gasteiger partial charge in [0.2, 0.25) is 0 Å². The highest BCUT2D eigenvalue weighted by molar-refractivity contribution is 5.28. The normalized spacial score (nSPS) is 30.9. The maximum atomic E-state index is 10.6. The molecule has 2 unspecified atom stereocenters. The van der Waals surface area contributed by atoms with E-state index in [0.717, 1.165) is 24.9 Å². The second-order valence-electron chi connectivity index (χ2n) is 5.05. The minimum Gasteiger partial charge on any atom is -0.384 e. The van der Waals surface area contributed by atoms with Gasteiger partial charge in [-0.1, -0.05) is 31.2 Å². The van der Waals surface area contributed by atoms with E-state index in [1.165, 1.54) is 5.56 Å². The van der Waals surface area contributed by atoms with Crippen molar-refractivity contribution in [1.82, 2.24) is 4.90 Å². The molecule has 1 aliphatic heterocycles. The number of rotatable bonds is 2. The van der Waals surface area contributed by atoms with E-state index in [-0.39, 0.29) is 0 Å². The molecule has 88 valence electrons. The lowest BCUT2D eigenvalue weighted by atomic mass is 9.90. The van der Waals surface area contributed by atoms with Gasteiger partial charge in [0.25, 0.3) is 0 Å². The Bertz CT molecular complexity index is 348. The summed E-state index contributed by atoms with van der Waals surface area (Å²) in [5, 5.41) is 10.6. The average Bonchev–Trinajstić information content (AvgIpc) is 2.54. The minimum absolute atomic E-state index is 0.454. The molecular weight excluding hydrogens is 198 g/mol. The van der Waals surface area contributed by atoms with Gasteiger partial charge in [-0.05, 0) is 37.9 Å². The fourth-order valence-corrected chi connectivity index (χ4v) is 2.54. The third-order valence-corrected chi connectivity index (χ3v) is 3.80. The SMILES string of the molecule is CCc1ccc(C2(O)CC(C)N(C)C2)cc1. The van der Waals surface area contributed by atoms with E-state index in [2.05, 4.69) is 50.1 Å². The summed E-state index contributed by atoms with van der Waals surface area (Å²) in [7, 11) is 2.07. The van der Waals surface area contributed by atoms with Crippen LogP contribution in [0.4, 0.5) is 0 Å². The number of β-amino-alcohol motifs (C(OH)–C–C–N with tert-alkyl or cyclic N) is 1. The molecule has 1 fully saturated rings. The van der Waals surface area contributed by atoms with Crippen LogP contribution in [0, 0.1) is 0 Å². The van der Waals surface area contributed by atoms with Gasteiger partial charge in [-0.2, -0.15) is 0 Å². The van der Waals surface area contributed by atoms with Crippen molar-refractivity contribution < 1.29 is 5.11 Å². The van der Waals surface area contributed by atoms with E-state index in [4.69, 9.17) is 0 Å². The highest BCUT2D eigenvalue weighted by atomic mass is 16.3. The number of aryl methyl sites for hydroxylation is 1. The first kappa shape index (κ1) is 11.6. The number of aliphatic hydroxyl groups is 1. The van der Waals surface area contributed by atoms with Crippen LogP contribution in [0.1, 0.15) is 31.4 Å². The van der Waals surface area contributed by atoms with Gasteiger partial charge in [-0.25, -0.2) is 0 Å². The molecule has 16 heavy (non-hydrogen) atoms. The molecule has 1 N–H and O–H groups in total. The van der Waals surface area contributed by atoms with Crippen LogP contribution in [-0.2, 0) is 12.0 Å². The van der Waals surface area contributed by atoms with Crippen LogP contribution in [0.3, 0.4) is 0 Å². The van der Waals surface area contributed by atoms with E-state index in [1.807, 2.05) is 0 Å². The zero-order chi connectivity index (χ0) is 11.8. The molecule has 0 bridgehead atoms. The summed E-state index contributed by atoms with van der Waals surface area (Å²) in [6.45, 7) is 5.05. The van der Waals surface area contributed by atoms with Crippen LogP contribution in [0.25, 0.3) is 0 Å². The smallest absolute Gasteiger partial charge is 0.104 e. The zero-order valence-corrected chi connectivity index (χ0v) is 10.4. The molecule has 1 saturated heterocycles. The topological polar surface area (TPSA) is 23.5 Å². The first-order chi connectivity index (χ1) is 7.55. The molecule has 0 aliphatic carbocycles. The molecule has 0 saturated carbocycles. The lowest BCUT2D eigenvalue weighted by Gasteiger charge is -2.23. The van der Waals surface area contributed by atoms with Crippen molar-refractivity contribution in [2.75, 3.05) is 13.6 Å². The average molecular weight is 219 g/mol. The van der Waals surface area contributed by atoms with Crippen molar-refractivity contribution >= 4 is 0 Å². The van der Waals surface area contributed by atoms with Gasteiger partial charge in [-0.3, -0.25) is 0 Å². The molecule has 0 radical (unpaired) electrons. The highest BCUT2D eigenvalue weighted by Crippen LogP contribution is 2.34. The second kappa shape index (κ2) is 4.19. The Labute approximate surface area is 97.9 Å². The monoisotopic (exact) mass is 219 g/mol. The van der Waals surface area contributed by atoms with Crippen LogP contribution in [-0.4, -0.2) is 29.6 Å². The second-order valence-corrected chi connectivity index (χ2v) is 5.05. The third kappa shape index (κ3) is 2.00. The maximum absolute atomic E-state index is 10.6. The van der Waals surface area contributed by atoms with E-state index < -0.39 is 5.60 Å². The molecule has 2 nitrogen and oxygen atoms in total. The van der Waals surface area contributed by atoms with Gasteiger partial charge in [0.1, 0.15) is 5.60 Å². The fourth-order valence-electron chi connectivity index (χ4n) is 2.54. The van der Waals surface area contributed by atoms with Crippen molar-refractivity contribution in [2.45, 2.75) is 38.3 Å². The molecule has 1 aliphatic rings. The highest BCUT2D eigenvalue weighted by Gasteiger charge is 2.40. The van der Waals surface area contributed by atoms with E-state index in [9.17, 15) is 5.11 Å². The molecular formula is C14H21NO. The number of likely N-dealkylation sites (N-methyl/N-ethyl adjacent to an activating group) is 1. The standard InChI is InChI=1S/C14H21NO/c1-4-12-5-7-13(8-6-12)14(16)9-11(2)15(3)10-14/h5-8,11,16H,4,9-10H2,1-3H3. The molecule has 0 spiro atoms. The largest absolute Gasteiger partial charge is 0.384 e. The third-order valence-electron chi connectivity index (χ3n) is 3.80. The molecule has 1 heterocycles. The molecule has 1 aromatic carbocycles. The summed E-state index contributed by atoms with van der Waals surface area (Å²) in [6.07, 6.45) is 1.88. The number of benzene rings is 1. The Hall–Kier alpha value is -0.860. The number of hydrogen-bond acceptors (Lipinski definition) is 2. The molecule has 1 aromatic rings. The first-order valence-corrected chi connectivity index (χ1v) is 6.07. The summed E-state index contributed by atoms with van der Waals surface area (Å²) in [5.74, 6) is 0. The van der Waals surface area contributed by atoms with Gasteiger partial charge in [0.15, 0.2) is 0 Å². The Morgan fingerprint density at radius 2 is 2.00 bits per heavy atom. The van der Waals surface area contributed by atoms with Gasteiger partial charge in [-0.15, -0.1) is 0 Å². The Kier molecular flexibility index (Phi) is 3.04. The summed E-state index contributed by atoms with van der Waals surface area (Å²) < 4.78 is 0. The zero-order valence-electron chi connectivity index (χ0n) is 10.4. The molecule has 2 atom stereocenters. The number of likely N-dealkylation sites (tertiary alicyclic amines) is 1. The van der Waals surface area contributed by atoms with Gasteiger partial charge >= 0.3 is 0 Å². The lowest BCUT2D eigenvalue weighted by molar-refractivity contribution is 0.0486. The maximum Gasteiger partial charge on any atom is 0.104 e. The Balaban J connectivity index is 2.23. The van der Waals surface area contributed by atoms with Crippen LogP contribution >= 0.6 is 0 Å². The summed E-state index contributed by atoms with van der Waals surface area (Å²) in [5.41, 5.74) is 1.73. The summed E-state index contributed by atoms with van der Waals surface area (Å²) in [6, 6.07) is 8.85. The lowest BCUT2D eigenvalue weighted by Crippen LogP contribution is -2.29. The van der Waals surface area contributed by atoms with Crippen LogP contribution in [0.2, 0.25) is 0 Å². The van der Waals surface area contributed by atoms with E-state index >= 15 is 0 Å². The van der Waals surface area contributed by atoms with Gasteiger partial charge < -0.3 is 10.0 Å². The van der Waals surface area contributed by atoms with Gasteiger partial charge in [0.05, 0.1) is 0 Å². The number of hydrogen-bond donors (Lipinski definition) is 1. The van der Waals surface area contributed by atoms with Crippen LogP contribution in [0.5, 0.6) is 0 Å². The predicted octanol–water partition coefficient (Wildman–Crippen LogP) is 2.16. The van der Waals surface area contributed by atoms with Crippen molar-refractivity contribution in [1.29, 1.82) is 0 Å². The van der Waals surface area contributed by atoms with Crippen molar-refractivity contribution in [2.24, 2.45) is 0 Å². The summed E-state index contributed by atoms with van der Waals surface area (Å²) in [4.78, 5) is 2.22. The van der Waals surface area contributed by atoms with E-state index in [1.54, 1.807) is 0 Å². The minimum atomic E-state index is -0.652. The van der Waals surface area contributed by atoms with Crippen molar-refractivity contribution in [3.05, 3.63) is 35.4 Å². The van der Waals surface area contributed by atoms with E-state index in [0.29, 0.717) is 6.04 Å². The van der Waals surface area contributed by atoms with Crippen LogP contribution < -0.4 is 0 Å². The quantitative estimate of drug-likeness (QED) is 0.824. The number of nitrogens with zero attached hydrogens (tertiary/aromatic N) is 1. The molecule has 0 aromatic heterocycles. The molecule has 2 heteroatoms.